The quantitative estimate of drug-likeness (QED) is 0.605. The Kier molecular flexibility index (Phi) is 6.52. The van der Waals surface area contributed by atoms with Gasteiger partial charge >= 0.3 is 0 Å². The highest BCUT2D eigenvalue weighted by atomic mass is 16.3. The topological polar surface area (TPSA) is 75.3 Å². The standard InChI is InChI=1S/C11H24N2O2/c1-5-8(4)9(14)6-13-11(15)10(12)7(2)3/h7-10,14H,5-6,12H2,1-4H3,(H,13,15)/t8?,9?,10-/m0/s1. The summed E-state index contributed by atoms with van der Waals surface area (Å²) in [4.78, 5) is 11.5. The van der Waals surface area contributed by atoms with E-state index in [0.717, 1.165) is 6.42 Å². The van der Waals surface area contributed by atoms with E-state index in [1.807, 2.05) is 27.7 Å². The lowest BCUT2D eigenvalue weighted by Gasteiger charge is -2.20. The molecule has 0 bridgehead atoms. The zero-order valence-corrected chi connectivity index (χ0v) is 10.2. The summed E-state index contributed by atoms with van der Waals surface area (Å²) in [5.74, 6) is 0.124. The SMILES string of the molecule is CCC(C)C(O)CNC(=O)[C@@H](N)C(C)C. The van der Waals surface area contributed by atoms with Crippen LogP contribution in [0.3, 0.4) is 0 Å². The molecular formula is C11H24N2O2. The molecule has 15 heavy (non-hydrogen) atoms. The van der Waals surface area contributed by atoms with Crippen molar-refractivity contribution in [2.75, 3.05) is 6.54 Å². The minimum atomic E-state index is -0.492. The molecule has 0 saturated heterocycles. The van der Waals surface area contributed by atoms with E-state index >= 15 is 0 Å². The Morgan fingerprint density at radius 2 is 1.93 bits per heavy atom. The normalized spacial score (nSPS) is 17.3. The predicted molar refractivity (Wildman–Crippen MR) is 61.3 cm³/mol. The van der Waals surface area contributed by atoms with Gasteiger partial charge in [0.1, 0.15) is 0 Å². The highest BCUT2D eigenvalue weighted by molar-refractivity contribution is 5.81. The zero-order chi connectivity index (χ0) is 12.0. The smallest absolute Gasteiger partial charge is 0.237 e. The molecule has 0 aromatic carbocycles. The Bertz CT molecular complexity index is 195. The number of carbonyl (C=O) groups is 1. The number of rotatable bonds is 6. The summed E-state index contributed by atoms with van der Waals surface area (Å²) < 4.78 is 0. The van der Waals surface area contributed by atoms with Crippen molar-refractivity contribution in [3.05, 3.63) is 0 Å². The van der Waals surface area contributed by atoms with Crippen LogP contribution in [0.2, 0.25) is 0 Å². The molecule has 0 aromatic heterocycles. The van der Waals surface area contributed by atoms with Gasteiger partial charge in [0.15, 0.2) is 0 Å². The number of amides is 1. The molecule has 0 saturated carbocycles. The summed E-state index contributed by atoms with van der Waals surface area (Å²) in [7, 11) is 0. The number of carbonyl (C=O) groups excluding carboxylic acids is 1. The molecule has 0 radical (unpaired) electrons. The van der Waals surface area contributed by atoms with E-state index in [0.29, 0.717) is 0 Å². The molecule has 0 heterocycles. The largest absolute Gasteiger partial charge is 0.391 e. The Morgan fingerprint density at radius 3 is 2.33 bits per heavy atom. The van der Waals surface area contributed by atoms with Crippen molar-refractivity contribution in [3.8, 4) is 0 Å². The maximum atomic E-state index is 11.5. The van der Waals surface area contributed by atoms with Gasteiger partial charge in [-0.3, -0.25) is 4.79 Å². The van der Waals surface area contributed by atoms with Crippen LogP contribution in [-0.2, 0) is 4.79 Å². The molecule has 0 fully saturated rings. The van der Waals surface area contributed by atoms with Crippen LogP contribution in [0, 0.1) is 11.8 Å². The Labute approximate surface area is 92.2 Å². The third kappa shape index (κ3) is 5.14. The lowest BCUT2D eigenvalue weighted by molar-refractivity contribution is -0.123. The second-order valence-corrected chi connectivity index (χ2v) is 4.47. The number of aliphatic hydroxyl groups excluding tert-OH is 1. The molecule has 4 nitrogen and oxygen atoms in total. The summed E-state index contributed by atoms with van der Waals surface area (Å²) in [6, 6.07) is -0.492. The van der Waals surface area contributed by atoms with Crippen LogP contribution >= 0.6 is 0 Å². The van der Waals surface area contributed by atoms with Gasteiger partial charge in [-0.05, 0) is 11.8 Å². The average Bonchev–Trinajstić information content (AvgIpc) is 2.22. The van der Waals surface area contributed by atoms with Crippen molar-refractivity contribution in [3.63, 3.8) is 0 Å². The van der Waals surface area contributed by atoms with Gasteiger partial charge in [0.05, 0.1) is 12.1 Å². The molecule has 4 heteroatoms. The highest BCUT2D eigenvalue weighted by Gasteiger charge is 2.19. The van der Waals surface area contributed by atoms with Crippen molar-refractivity contribution in [2.24, 2.45) is 17.6 Å². The summed E-state index contributed by atoms with van der Waals surface area (Å²) in [6.45, 7) is 8.05. The Balaban J connectivity index is 3.90. The molecule has 90 valence electrons. The zero-order valence-electron chi connectivity index (χ0n) is 10.2. The van der Waals surface area contributed by atoms with Crippen LogP contribution in [-0.4, -0.2) is 29.7 Å². The number of hydrogen-bond acceptors (Lipinski definition) is 3. The summed E-state index contributed by atoms with van der Waals surface area (Å²) in [5.41, 5.74) is 5.66. The number of hydrogen-bond donors (Lipinski definition) is 3. The minimum Gasteiger partial charge on any atom is -0.391 e. The van der Waals surface area contributed by atoms with Crippen LogP contribution in [0.25, 0.3) is 0 Å². The third-order valence-electron chi connectivity index (χ3n) is 2.81. The fourth-order valence-corrected chi connectivity index (χ4v) is 1.10. The lowest BCUT2D eigenvalue weighted by Crippen LogP contribution is -2.46. The minimum absolute atomic E-state index is 0.116. The van der Waals surface area contributed by atoms with E-state index < -0.39 is 12.1 Å². The molecular weight excluding hydrogens is 192 g/mol. The van der Waals surface area contributed by atoms with Crippen molar-refractivity contribution >= 4 is 5.91 Å². The Hall–Kier alpha value is -0.610. The molecule has 0 spiro atoms. The first-order valence-corrected chi connectivity index (χ1v) is 5.61. The summed E-state index contributed by atoms with van der Waals surface area (Å²) in [5, 5.41) is 12.3. The van der Waals surface area contributed by atoms with E-state index in [-0.39, 0.29) is 24.3 Å². The van der Waals surface area contributed by atoms with E-state index in [9.17, 15) is 9.90 Å². The van der Waals surface area contributed by atoms with Crippen LogP contribution in [0.4, 0.5) is 0 Å². The maximum Gasteiger partial charge on any atom is 0.237 e. The van der Waals surface area contributed by atoms with Gasteiger partial charge in [-0.25, -0.2) is 0 Å². The monoisotopic (exact) mass is 216 g/mol. The highest BCUT2D eigenvalue weighted by Crippen LogP contribution is 2.06. The van der Waals surface area contributed by atoms with Crippen LogP contribution in [0.15, 0.2) is 0 Å². The molecule has 0 aliphatic rings. The summed E-state index contributed by atoms with van der Waals surface area (Å²) >= 11 is 0. The fourth-order valence-electron chi connectivity index (χ4n) is 1.10. The van der Waals surface area contributed by atoms with Crippen molar-refractivity contribution < 1.29 is 9.90 Å². The van der Waals surface area contributed by atoms with Gasteiger partial charge in [-0.1, -0.05) is 34.1 Å². The van der Waals surface area contributed by atoms with Gasteiger partial charge in [-0.2, -0.15) is 0 Å². The van der Waals surface area contributed by atoms with E-state index in [4.69, 9.17) is 5.73 Å². The van der Waals surface area contributed by atoms with Crippen LogP contribution < -0.4 is 11.1 Å². The first-order chi connectivity index (χ1) is 6.90. The Morgan fingerprint density at radius 1 is 1.40 bits per heavy atom. The number of aliphatic hydroxyl groups is 1. The first-order valence-electron chi connectivity index (χ1n) is 5.61. The predicted octanol–water partition coefficient (Wildman–Crippen LogP) is 0.493. The average molecular weight is 216 g/mol. The third-order valence-corrected chi connectivity index (χ3v) is 2.81. The van der Waals surface area contributed by atoms with Crippen molar-refractivity contribution in [1.82, 2.24) is 5.32 Å². The van der Waals surface area contributed by atoms with Crippen LogP contribution in [0.1, 0.15) is 34.1 Å². The second-order valence-electron chi connectivity index (χ2n) is 4.47. The first kappa shape index (κ1) is 14.4. The second kappa shape index (κ2) is 6.80. The summed E-state index contributed by atoms with van der Waals surface area (Å²) in [6.07, 6.45) is 0.408. The van der Waals surface area contributed by atoms with Crippen molar-refractivity contribution in [1.29, 1.82) is 0 Å². The molecule has 0 aliphatic heterocycles. The van der Waals surface area contributed by atoms with E-state index in [1.165, 1.54) is 0 Å². The molecule has 3 atom stereocenters. The number of nitrogens with one attached hydrogen (secondary N) is 1. The number of nitrogens with two attached hydrogens (primary N) is 1. The van der Waals surface area contributed by atoms with Crippen LogP contribution in [0.5, 0.6) is 0 Å². The van der Waals surface area contributed by atoms with E-state index in [1.54, 1.807) is 0 Å². The molecule has 2 unspecified atom stereocenters. The maximum absolute atomic E-state index is 11.5. The molecule has 0 aliphatic carbocycles. The van der Waals surface area contributed by atoms with Gasteiger partial charge in [-0.15, -0.1) is 0 Å². The van der Waals surface area contributed by atoms with Gasteiger partial charge in [0.2, 0.25) is 5.91 Å². The lowest BCUT2D eigenvalue weighted by atomic mass is 10.0. The van der Waals surface area contributed by atoms with Gasteiger partial charge in [0.25, 0.3) is 0 Å². The van der Waals surface area contributed by atoms with Gasteiger partial charge < -0.3 is 16.2 Å². The molecule has 4 N–H and O–H groups in total. The molecule has 1 amide bonds. The van der Waals surface area contributed by atoms with Crippen molar-refractivity contribution in [2.45, 2.75) is 46.3 Å². The van der Waals surface area contributed by atoms with E-state index in [2.05, 4.69) is 5.32 Å². The fraction of sp³-hybridized carbons (Fsp3) is 0.909. The molecule has 0 aromatic rings. The molecule has 0 rings (SSSR count). The van der Waals surface area contributed by atoms with Gasteiger partial charge in [0, 0.05) is 6.54 Å².